The monoisotopic (exact) mass is 288 g/mol. The molecule has 0 bridgehead atoms. The Labute approximate surface area is 120 Å². The number of fused-ring (bicyclic) bond motifs is 1. The Hall–Kier alpha value is -2.31. The second-order valence-electron chi connectivity index (χ2n) is 4.79. The lowest BCUT2D eigenvalue weighted by Gasteiger charge is -2.15. The first-order chi connectivity index (χ1) is 10.2. The lowest BCUT2D eigenvalue weighted by Crippen LogP contribution is -2.29. The molecular weight excluding hydrogens is 274 g/mol. The zero-order valence-corrected chi connectivity index (χ0v) is 11.1. The van der Waals surface area contributed by atoms with Crippen molar-refractivity contribution in [3.05, 3.63) is 71.6 Å². The van der Waals surface area contributed by atoms with Crippen LogP contribution in [0.1, 0.15) is 17.2 Å². The highest BCUT2D eigenvalue weighted by Gasteiger charge is 2.17. The molecule has 2 heterocycles. The Balaban J connectivity index is 1.95. The van der Waals surface area contributed by atoms with Crippen LogP contribution in [0.3, 0.4) is 0 Å². The summed E-state index contributed by atoms with van der Waals surface area (Å²) in [6, 6.07) is 8.90. The number of halogens is 2. The fourth-order valence-corrected chi connectivity index (χ4v) is 2.39. The van der Waals surface area contributed by atoms with Crippen LogP contribution < -0.4 is 11.3 Å². The summed E-state index contributed by atoms with van der Waals surface area (Å²) in [5.74, 6) is 4.43. The molecule has 21 heavy (non-hydrogen) atoms. The van der Waals surface area contributed by atoms with E-state index in [9.17, 15) is 8.78 Å². The number of hydrazine groups is 1. The highest BCUT2D eigenvalue weighted by Crippen LogP contribution is 2.23. The number of nitrogens with one attached hydrogen (secondary N) is 1. The maximum atomic E-state index is 13.8. The minimum atomic E-state index is -0.593. The van der Waals surface area contributed by atoms with Crippen molar-refractivity contribution in [2.45, 2.75) is 12.5 Å². The predicted molar refractivity (Wildman–Crippen MR) is 75.3 cm³/mol. The SMILES string of the molecule is NNC(Cc1ccc(F)cc1F)c1cnn2ccccc12. The number of nitrogens with two attached hydrogens (primary N) is 1. The standard InChI is InChI=1S/C15H14F2N4/c16-11-5-4-10(13(17)8-11)7-14(20-18)12-9-19-21-6-2-1-3-15(12)21/h1-6,8-9,14,20H,7,18H2. The van der Waals surface area contributed by atoms with E-state index in [0.29, 0.717) is 12.0 Å². The highest BCUT2D eigenvalue weighted by molar-refractivity contribution is 5.55. The summed E-state index contributed by atoms with van der Waals surface area (Å²) in [6.07, 6.45) is 3.82. The van der Waals surface area contributed by atoms with E-state index >= 15 is 0 Å². The molecule has 0 spiro atoms. The fourth-order valence-electron chi connectivity index (χ4n) is 2.39. The lowest BCUT2D eigenvalue weighted by atomic mass is 10.00. The van der Waals surface area contributed by atoms with Crippen LogP contribution in [0.2, 0.25) is 0 Å². The third-order valence-corrected chi connectivity index (χ3v) is 3.47. The van der Waals surface area contributed by atoms with E-state index in [1.54, 1.807) is 10.7 Å². The Morgan fingerprint density at radius 2 is 2.10 bits per heavy atom. The third-order valence-electron chi connectivity index (χ3n) is 3.47. The van der Waals surface area contributed by atoms with E-state index in [1.165, 1.54) is 12.1 Å². The molecule has 0 amide bonds. The molecule has 4 nitrogen and oxygen atoms in total. The molecule has 108 valence electrons. The van der Waals surface area contributed by atoms with Gasteiger partial charge in [0.1, 0.15) is 11.6 Å². The summed E-state index contributed by atoms with van der Waals surface area (Å²) in [6.45, 7) is 0. The zero-order chi connectivity index (χ0) is 14.8. The predicted octanol–water partition coefficient (Wildman–Crippen LogP) is 2.36. The molecule has 1 atom stereocenters. The molecule has 3 N–H and O–H groups in total. The van der Waals surface area contributed by atoms with Crippen LogP contribution in [0.15, 0.2) is 48.8 Å². The van der Waals surface area contributed by atoms with Crippen LogP contribution in [0.5, 0.6) is 0 Å². The summed E-state index contributed by atoms with van der Waals surface area (Å²) in [5, 5.41) is 4.23. The van der Waals surface area contributed by atoms with E-state index in [4.69, 9.17) is 5.84 Å². The van der Waals surface area contributed by atoms with Crippen LogP contribution in [0, 0.1) is 11.6 Å². The van der Waals surface area contributed by atoms with Gasteiger partial charge in [-0.05, 0) is 30.2 Å². The van der Waals surface area contributed by atoms with Crippen molar-refractivity contribution >= 4 is 5.52 Å². The minimum absolute atomic E-state index is 0.304. The van der Waals surface area contributed by atoms with Gasteiger partial charge in [0, 0.05) is 17.8 Å². The van der Waals surface area contributed by atoms with Crippen molar-refractivity contribution in [1.29, 1.82) is 0 Å². The number of hydrogen-bond acceptors (Lipinski definition) is 3. The Morgan fingerprint density at radius 3 is 2.86 bits per heavy atom. The molecule has 0 aliphatic carbocycles. The average molecular weight is 288 g/mol. The summed E-state index contributed by atoms with van der Waals surface area (Å²) in [5.41, 5.74) is 4.83. The Morgan fingerprint density at radius 1 is 1.24 bits per heavy atom. The molecule has 1 aromatic carbocycles. The van der Waals surface area contributed by atoms with Crippen LogP contribution >= 0.6 is 0 Å². The first-order valence-corrected chi connectivity index (χ1v) is 6.51. The molecule has 1 unspecified atom stereocenters. The molecule has 3 rings (SSSR count). The van der Waals surface area contributed by atoms with Gasteiger partial charge >= 0.3 is 0 Å². The Bertz CT molecular complexity index is 769. The molecule has 2 aromatic heterocycles. The highest BCUT2D eigenvalue weighted by atomic mass is 19.1. The molecule has 0 fully saturated rings. The molecule has 0 saturated heterocycles. The summed E-state index contributed by atoms with van der Waals surface area (Å²) in [4.78, 5) is 0. The molecule has 0 aliphatic rings. The molecular formula is C15H14F2N4. The van der Waals surface area contributed by atoms with Crippen LogP contribution in [-0.2, 0) is 6.42 Å². The number of rotatable bonds is 4. The van der Waals surface area contributed by atoms with E-state index in [1.807, 2.05) is 24.4 Å². The second kappa shape index (κ2) is 5.59. The first kappa shape index (κ1) is 13.7. The summed E-state index contributed by atoms with van der Waals surface area (Å²) < 4.78 is 28.5. The van der Waals surface area contributed by atoms with Crippen molar-refractivity contribution < 1.29 is 8.78 Å². The molecule has 0 radical (unpaired) electrons. The first-order valence-electron chi connectivity index (χ1n) is 6.51. The third kappa shape index (κ3) is 2.63. The lowest BCUT2D eigenvalue weighted by molar-refractivity contribution is 0.524. The smallest absolute Gasteiger partial charge is 0.129 e. The number of hydrogen-bond donors (Lipinski definition) is 2. The maximum absolute atomic E-state index is 13.8. The molecule has 0 aliphatic heterocycles. The van der Waals surface area contributed by atoms with Crippen molar-refractivity contribution in [3.63, 3.8) is 0 Å². The molecule has 6 heteroatoms. The summed E-state index contributed by atoms with van der Waals surface area (Å²) >= 11 is 0. The molecule has 0 saturated carbocycles. The van der Waals surface area contributed by atoms with Gasteiger partial charge in [0.2, 0.25) is 0 Å². The second-order valence-corrected chi connectivity index (χ2v) is 4.79. The Kier molecular flexibility index (Phi) is 3.64. The molecule has 3 aromatic rings. The van der Waals surface area contributed by atoms with Crippen LogP contribution in [-0.4, -0.2) is 9.61 Å². The van der Waals surface area contributed by atoms with Crippen molar-refractivity contribution in [2.24, 2.45) is 5.84 Å². The number of pyridine rings is 1. The van der Waals surface area contributed by atoms with E-state index < -0.39 is 11.6 Å². The number of nitrogens with zero attached hydrogens (tertiary/aromatic N) is 2. The zero-order valence-electron chi connectivity index (χ0n) is 11.1. The number of benzene rings is 1. The van der Waals surface area contributed by atoms with Gasteiger partial charge in [-0.25, -0.2) is 13.3 Å². The van der Waals surface area contributed by atoms with Gasteiger partial charge in [0.25, 0.3) is 0 Å². The van der Waals surface area contributed by atoms with Crippen molar-refractivity contribution in [2.75, 3.05) is 0 Å². The van der Waals surface area contributed by atoms with Gasteiger partial charge in [0.05, 0.1) is 17.8 Å². The van der Waals surface area contributed by atoms with Crippen molar-refractivity contribution in [1.82, 2.24) is 15.0 Å². The topological polar surface area (TPSA) is 55.3 Å². The summed E-state index contributed by atoms with van der Waals surface area (Å²) in [7, 11) is 0. The largest absolute Gasteiger partial charge is 0.271 e. The van der Waals surface area contributed by atoms with Crippen molar-refractivity contribution in [3.8, 4) is 0 Å². The van der Waals surface area contributed by atoms with Crippen LogP contribution in [0.4, 0.5) is 8.78 Å². The fraction of sp³-hybridized carbons (Fsp3) is 0.133. The van der Waals surface area contributed by atoms with Gasteiger partial charge in [-0.2, -0.15) is 5.10 Å². The van der Waals surface area contributed by atoms with E-state index in [-0.39, 0.29) is 6.04 Å². The van der Waals surface area contributed by atoms with E-state index in [2.05, 4.69) is 10.5 Å². The quantitative estimate of drug-likeness (QED) is 0.572. The maximum Gasteiger partial charge on any atom is 0.129 e. The van der Waals surface area contributed by atoms with E-state index in [0.717, 1.165) is 17.1 Å². The van der Waals surface area contributed by atoms with Gasteiger partial charge < -0.3 is 0 Å². The number of aromatic nitrogens is 2. The van der Waals surface area contributed by atoms with Gasteiger partial charge in [-0.3, -0.25) is 11.3 Å². The minimum Gasteiger partial charge on any atom is -0.271 e. The average Bonchev–Trinajstić information content (AvgIpc) is 2.91. The van der Waals surface area contributed by atoms with Gasteiger partial charge in [-0.1, -0.05) is 12.1 Å². The van der Waals surface area contributed by atoms with Gasteiger partial charge in [0.15, 0.2) is 0 Å². The van der Waals surface area contributed by atoms with Gasteiger partial charge in [-0.15, -0.1) is 0 Å². The normalized spacial score (nSPS) is 12.7. The van der Waals surface area contributed by atoms with Crippen LogP contribution in [0.25, 0.3) is 5.52 Å².